The molecule has 0 N–H and O–H groups in total. The lowest BCUT2D eigenvalue weighted by molar-refractivity contribution is 0.299. The Morgan fingerprint density at radius 2 is 1.56 bits per heavy atom. The average molecular weight is 489 g/mol. The average Bonchev–Trinajstić information content (AvgIpc) is 3.26. The maximum Gasteiger partial charge on any atom is 0.203 e. The van der Waals surface area contributed by atoms with Gasteiger partial charge in [0, 0.05) is 12.1 Å². The maximum atomic E-state index is 6.22. The molecular weight excluding hydrogens is 452 g/mol. The van der Waals surface area contributed by atoms with Gasteiger partial charge in [0.2, 0.25) is 5.75 Å². The van der Waals surface area contributed by atoms with Crippen molar-refractivity contribution in [3.63, 3.8) is 0 Å². The van der Waals surface area contributed by atoms with Crippen LogP contribution in [0.25, 0.3) is 22.4 Å². The predicted octanol–water partition coefficient (Wildman–Crippen LogP) is 7.02. The first-order valence-corrected chi connectivity index (χ1v) is 12.5. The zero-order valence-electron chi connectivity index (χ0n) is 22.1. The normalized spacial score (nSPS) is 11.2. The third kappa shape index (κ3) is 5.27. The Morgan fingerprint density at radius 3 is 2.22 bits per heavy atom. The van der Waals surface area contributed by atoms with E-state index >= 15 is 0 Å². The van der Waals surface area contributed by atoms with Crippen molar-refractivity contribution < 1.29 is 18.9 Å². The summed E-state index contributed by atoms with van der Waals surface area (Å²) in [5.74, 6) is 4.09. The Bertz CT molecular complexity index is 1300. The summed E-state index contributed by atoms with van der Waals surface area (Å²) >= 11 is 0. The van der Waals surface area contributed by atoms with Crippen molar-refractivity contribution in [3.05, 3.63) is 65.7 Å². The van der Waals surface area contributed by atoms with E-state index in [9.17, 15) is 0 Å². The van der Waals surface area contributed by atoms with E-state index in [1.165, 1.54) is 11.1 Å². The summed E-state index contributed by atoms with van der Waals surface area (Å²) in [4.78, 5) is 4.96. The van der Waals surface area contributed by atoms with Gasteiger partial charge in [-0.3, -0.25) is 0 Å². The maximum absolute atomic E-state index is 6.22. The van der Waals surface area contributed by atoms with Crippen molar-refractivity contribution in [3.8, 4) is 34.4 Å². The number of imidazole rings is 1. The molecule has 1 heterocycles. The number of rotatable bonds is 11. The molecule has 36 heavy (non-hydrogen) atoms. The van der Waals surface area contributed by atoms with Gasteiger partial charge in [0.05, 0.1) is 39.0 Å². The molecule has 0 aliphatic heterocycles. The fraction of sp³-hybridized carbons (Fsp3) is 0.367. The first-order valence-electron chi connectivity index (χ1n) is 12.5. The quantitative estimate of drug-likeness (QED) is 0.212. The van der Waals surface area contributed by atoms with Crippen LogP contribution in [-0.4, -0.2) is 37.5 Å². The van der Waals surface area contributed by atoms with Gasteiger partial charge < -0.3 is 23.5 Å². The van der Waals surface area contributed by atoms with Crippen molar-refractivity contribution in [1.82, 2.24) is 9.55 Å². The van der Waals surface area contributed by atoms with Crippen LogP contribution in [0, 0.1) is 6.92 Å². The van der Waals surface area contributed by atoms with E-state index in [4.69, 9.17) is 23.9 Å². The lowest BCUT2D eigenvalue weighted by Gasteiger charge is -2.16. The van der Waals surface area contributed by atoms with E-state index in [1.54, 1.807) is 21.3 Å². The van der Waals surface area contributed by atoms with Gasteiger partial charge in [0.15, 0.2) is 11.5 Å². The summed E-state index contributed by atoms with van der Waals surface area (Å²) in [7, 11) is 4.87. The molecule has 1 aromatic heterocycles. The van der Waals surface area contributed by atoms with Crippen LogP contribution in [0.2, 0.25) is 0 Å². The van der Waals surface area contributed by atoms with E-state index < -0.39 is 0 Å². The number of hydrogen-bond donors (Lipinski definition) is 0. The first kappa shape index (κ1) is 25.4. The molecule has 4 rings (SSSR count). The Kier molecular flexibility index (Phi) is 8.04. The number of ether oxygens (including phenoxy) is 4. The molecule has 6 heteroatoms. The minimum Gasteiger partial charge on any atom is -0.493 e. The molecule has 0 amide bonds. The summed E-state index contributed by atoms with van der Waals surface area (Å²) in [6.07, 6.45) is 1.90. The summed E-state index contributed by atoms with van der Waals surface area (Å²) < 4.78 is 25.2. The van der Waals surface area contributed by atoms with Gasteiger partial charge in [0.25, 0.3) is 0 Å². The van der Waals surface area contributed by atoms with Crippen molar-refractivity contribution >= 4 is 11.0 Å². The van der Waals surface area contributed by atoms with Gasteiger partial charge in [-0.25, -0.2) is 4.98 Å². The minimum absolute atomic E-state index is 0.430. The van der Waals surface area contributed by atoms with E-state index in [2.05, 4.69) is 49.6 Å². The molecule has 0 radical (unpaired) electrons. The second-order valence-electron chi connectivity index (χ2n) is 9.24. The fourth-order valence-corrected chi connectivity index (χ4v) is 4.53. The Morgan fingerprint density at radius 1 is 0.833 bits per heavy atom. The van der Waals surface area contributed by atoms with Crippen molar-refractivity contribution in [2.75, 3.05) is 27.9 Å². The van der Waals surface area contributed by atoms with E-state index in [-0.39, 0.29) is 0 Å². The van der Waals surface area contributed by atoms with Crippen LogP contribution in [-0.2, 0) is 6.54 Å². The van der Waals surface area contributed by atoms with Gasteiger partial charge in [-0.1, -0.05) is 38.1 Å². The number of unbranched alkanes of at least 4 members (excludes halogenated alkanes) is 1. The molecule has 0 fully saturated rings. The highest BCUT2D eigenvalue weighted by Gasteiger charge is 2.19. The van der Waals surface area contributed by atoms with Crippen LogP contribution in [0.4, 0.5) is 0 Å². The van der Waals surface area contributed by atoms with Gasteiger partial charge >= 0.3 is 0 Å². The summed E-state index contributed by atoms with van der Waals surface area (Å²) in [6, 6.07) is 18.6. The smallest absolute Gasteiger partial charge is 0.203 e. The topological polar surface area (TPSA) is 54.7 Å². The van der Waals surface area contributed by atoms with Gasteiger partial charge in [-0.05, 0) is 67.1 Å². The van der Waals surface area contributed by atoms with Crippen LogP contribution in [0.3, 0.4) is 0 Å². The van der Waals surface area contributed by atoms with Gasteiger partial charge in [-0.15, -0.1) is 0 Å². The molecule has 4 aromatic rings. The van der Waals surface area contributed by atoms with Gasteiger partial charge in [-0.2, -0.15) is 0 Å². The van der Waals surface area contributed by atoms with Crippen molar-refractivity contribution in [1.29, 1.82) is 0 Å². The van der Waals surface area contributed by atoms with E-state index in [0.29, 0.717) is 29.8 Å². The number of aromatic nitrogens is 2. The molecule has 0 unspecified atom stereocenters. The molecule has 0 saturated carbocycles. The predicted molar refractivity (Wildman–Crippen MR) is 145 cm³/mol. The van der Waals surface area contributed by atoms with E-state index in [1.807, 2.05) is 30.3 Å². The highest BCUT2D eigenvalue weighted by Crippen LogP contribution is 2.41. The number of benzene rings is 3. The second-order valence-corrected chi connectivity index (χ2v) is 9.24. The van der Waals surface area contributed by atoms with E-state index in [0.717, 1.165) is 47.6 Å². The van der Waals surface area contributed by atoms with Crippen molar-refractivity contribution in [2.24, 2.45) is 0 Å². The summed E-state index contributed by atoms with van der Waals surface area (Å²) in [6.45, 7) is 8.00. The molecule has 3 aromatic carbocycles. The SMILES string of the molecule is COc1cc(-c2nc3ccccc3n2CCCCOc2cc(C)ccc2C(C)C)cc(OC)c1OC. The molecular formula is C30H36N2O4. The first-order chi connectivity index (χ1) is 17.5. The third-order valence-electron chi connectivity index (χ3n) is 6.40. The van der Waals surface area contributed by atoms with Crippen LogP contribution >= 0.6 is 0 Å². The number of hydrogen-bond acceptors (Lipinski definition) is 5. The molecule has 0 spiro atoms. The Labute approximate surface area is 213 Å². The monoisotopic (exact) mass is 488 g/mol. The molecule has 0 aliphatic rings. The van der Waals surface area contributed by atoms with Crippen molar-refractivity contribution in [2.45, 2.75) is 46.1 Å². The third-order valence-corrected chi connectivity index (χ3v) is 6.40. The molecule has 190 valence electrons. The lowest BCUT2D eigenvalue weighted by atomic mass is 10.0. The summed E-state index contributed by atoms with van der Waals surface area (Å²) in [5.41, 5.74) is 5.44. The number of para-hydroxylation sites is 2. The van der Waals surface area contributed by atoms with Gasteiger partial charge in [0.1, 0.15) is 11.6 Å². The number of fused-ring (bicyclic) bond motifs is 1. The van der Waals surface area contributed by atoms with Crippen LogP contribution in [0.1, 0.15) is 43.7 Å². The van der Waals surface area contributed by atoms with Crippen LogP contribution in [0.15, 0.2) is 54.6 Å². The molecule has 0 saturated heterocycles. The number of aryl methyl sites for hydroxylation is 2. The molecule has 0 bridgehead atoms. The zero-order chi connectivity index (χ0) is 25.7. The second kappa shape index (κ2) is 11.4. The number of methoxy groups -OCH3 is 3. The van der Waals surface area contributed by atoms with Crippen LogP contribution in [0.5, 0.6) is 23.0 Å². The zero-order valence-corrected chi connectivity index (χ0v) is 22.1. The van der Waals surface area contributed by atoms with Crippen LogP contribution < -0.4 is 18.9 Å². The number of nitrogens with zero attached hydrogens (tertiary/aromatic N) is 2. The molecule has 0 aliphatic carbocycles. The fourth-order valence-electron chi connectivity index (χ4n) is 4.53. The Hall–Kier alpha value is -3.67. The highest BCUT2D eigenvalue weighted by molar-refractivity contribution is 5.81. The minimum atomic E-state index is 0.430. The standard InChI is InChI=1S/C30H36N2O4/c1-20(2)23-14-13-21(3)17-26(23)36-16-10-9-15-32-25-12-8-7-11-24(25)31-30(32)22-18-27(33-4)29(35-6)28(19-22)34-5/h7-8,11-14,17-20H,9-10,15-16H2,1-6H3. The summed E-state index contributed by atoms with van der Waals surface area (Å²) in [5, 5.41) is 0. The largest absolute Gasteiger partial charge is 0.493 e. The lowest BCUT2D eigenvalue weighted by Crippen LogP contribution is -2.06. The highest BCUT2D eigenvalue weighted by atomic mass is 16.5. The Balaban J connectivity index is 1.55. The molecule has 6 nitrogen and oxygen atoms in total. The molecule has 0 atom stereocenters.